The van der Waals surface area contributed by atoms with Crippen LogP contribution in [0, 0.1) is 0 Å². The maximum atomic E-state index is 11.2. The second kappa shape index (κ2) is 5.27. The average molecular weight is 250 g/mol. The van der Waals surface area contributed by atoms with Crippen molar-refractivity contribution in [3.63, 3.8) is 0 Å². The van der Waals surface area contributed by atoms with Crippen LogP contribution in [0.4, 0.5) is 11.4 Å². The highest BCUT2D eigenvalue weighted by Gasteiger charge is 2.20. The van der Waals surface area contributed by atoms with Crippen LogP contribution in [0.25, 0.3) is 0 Å². The lowest BCUT2D eigenvalue weighted by atomic mass is 10.1. The van der Waals surface area contributed by atoms with E-state index in [4.69, 9.17) is 15.6 Å². The van der Waals surface area contributed by atoms with Crippen LogP contribution in [-0.2, 0) is 4.74 Å². The topological polar surface area (TPSA) is 75.8 Å². The van der Waals surface area contributed by atoms with Gasteiger partial charge in [-0.2, -0.15) is 0 Å². The molecule has 1 aromatic carbocycles. The molecule has 5 nitrogen and oxygen atoms in total. The van der Waals surface area contributed by atoms with Crippen molar-refractivity contribution in [2.45, 2.75) is 18.9 Å². The first kappa shape index (κ1) is 12.7. The summed E-state index contributed by atoms with van der Waals surface area (Å²) in [6, 6.07) is 4.84. The summed E-state index contributed by atoms with van der Waals surface area (Å²) in [5, 5.41) is 9.17. The average Bonchev–Trinajstić information content (AvgIpc) is 2.81. The fourth-order valence-corrected chi connectivity index (χ4v) is 2.24. The number of rotatable bonds is 4. The van der Waals surface area contributed by atoms with Gasteiger partial charge in [0.05, 0.1) is 17.4 Å². The third-order valence-corrected chi connectivity index (χ3v) is 3.16. The minimum Gasteiger partial charge on any atom is -0.478 e. The summed E-state index contributed by atoms with van der Waals surface area (Å²) in [5.41, 5.74) is 7.19. The van der Waals surface area contributed by atoms with Crippen molar-refractivity contribution in [2.75, 3.05) is 30.8 Å². The number of nitrogens with two attached hydrogens (primary N) is 1. The van der Waals surface area contributed by atoms with Gasteiger partial charge in [-0.15, -0.1) is 0 Å². The highest BCUT2D eigenvalue weighted by Crippen LogP contribution is 2.24. The number of hydrogen-bond donors (Lipinski definition) is 2. The lowest BCUT2D eigenvalue weighted by Gasteiger charge is -2.24. The summed E-state index contributed by atoms with van der Waals surface area (Å²) in [4.78, 5) is 13.1. The summed E-state index contributed by atoms with van der Waals surface area (Å²) >= 11 is 0. The van der Waals surface area contributed by atoms with Crippen LogP contribution in [0.1, 0.15) is 23.2 Å². The molecule has 0 aromatic heterocycles. The molecule has 0 aliphatic carbocycles. The SMILES string of the molecule is CN(CC1CCCO1)c1cc(N)ccc1C(=O)O. The molecular formula is C13H18N2O3. The van der Waals surface area contributed by atoms with Gasteiger partial charge in [0, 0.05) is 25.9 Å². The van der Waals surface area contributed by atoms with Crippen LogP contribution in [0.5, 0.6) is 0 Å². The Morgan fingerprint density at radius 3 is 3.00 bits per heavy atom. The highest BCUT2D eigenvalue weighted by molar-refractivity contribution is 5.95. The number of carbonyl (C=O) groups is 1. The molecular weight excluding hydrogens is 232 g/mol. The van der Waals surface area contributed by atoms with Gasteiger partial charge in [-0.1, -0.05) is 0 Å². The highest BCUT2D eigenvalue weighted by atomic mass is 16.5. The molecule has 1 aromatic rings. The number of aromatic carboxylic acids is 1. The quantitative estimate of drug-likeness (QED) is 0.793. The van der Waals surface area contributed by atoms with E-state index in [9.17, 15) is 4.79 Å². The number of anilines is 2. The van der Waals surface area contributed by atoms with E-state index >= 15 is 0 Å². The summed E-state index contributed by atoms with van der Waals surface area (Å²) in [7, 11) is 1.86. The molecule has 1 heterocycles. The van der Waals surface area contributed by atoms with Gasteiger partial charge in [0.1, 0.15) is 0 Å². The molecule has 98 valence electrons. The predicted octanol–water partition coefficient (Wildman–Crippen LogP) is 1.58. The largest absolute Gasteiger partial charge is 0.478 e. The van der Waals surface area contributed by atoms with E-state index < -0.39 is 5.97 Å². The molecule has 0 radical (unpaired) electrons. The van der Waals surface area contributed by atoms with Crippen molar-refractivity contribution in [1.82, 2.24) is 0 Å². The second-order valence-corrected chi connectivity index (χ2v) is 4.60. The normalized spacial score (nSPS) is 18.8. The van der Waals surface area contributed by atoms with Crippen LogP contribution < -0.4 is 10.6 Å². The van der Waals surface area contributed by atoms with Crippen molar-refractivity contribution in [2.24, 2.45) is 0 Å². The third kappa shape index (κ3) is 2.73. The predicted molar refractivity (Wildman–Crippen MR) is 70.1 cm³/mol. The number of carboxylic acids is 1. The fraction of sp³-hybridized carbons (Fsp3) is 0.462. The van der Waals surface area contributed by atoms with Gasteiger partial charge in [-0.25, -0.2) is 4.79 Å². The molecule has 0 saturated carbocycles. The van der Waals surface area contributed by atoms with E-state index in [1.54, 1.807) is 18.2 Å². The zero-order valence-corrected chi connectivity index (χ0v) is 10.4. The van der Waals surface area contributed by atoms with Gasteiger partial charge < -0.3 is 20.5 Å². The van der Waals surface area contributed by atoms with Gasteiger partial charge in [0.2, 0.25) is 0 Å². The Hall–Kier alpha value is -1.75. The second-order valence-electron chi connectivity index (χ2n) is 4.60. The summed E-state index contributed by atoms with van der Waals surface area (Å²) in [6.45, 7) is 1.48. The number of hydrogen-bond acceptors (Lipinski definition) is 4. The van der Waals surface area contributed by atoms with E-state index in [0.29, 0.717) is 17.9 Å². The van der Waals surface area contributed by atoms with Crippen molar-refractivity contribution < 1.29 is 14.6 Å². The van der Waals surface area contributed by atoms with Crippen LogP contribution in [-0.4, -0.2) is 37.4 Å². The van der Waals surface area contributed by atoms with E-state index in [1.165, 1.54) is 0 Å². The molecule has 1 aliphatic rings. The van der Waals surface area contributed by atoms with Crippen LogP contribution in [0.2, 0.25) is 0 Å². The molecule has 2 rings (SSSR count). The molecule has 1 fully saturated rings. The molecule has 1 aliphatic heterocycles. The van der Waals surface area contributed by atoms with E-state index in [2.05, 4.69) is 0 Å². The summed E-state index contributed by atoms with van der Waals surface area (Å²) < 4.78 is 5.56. The number of carboxylic acid groups (broad SMARTS) is 1. The Morgan fingerprint density at radius 1 is 1.61 bits per heavy atom. The Morgan fingerprint density at radius 2 is 2.39 bits per heavy atom. The zero-order valence-electron chi connectivity index (χ0n) is 10.4. The van der Waals surface area contributed by atoms with Crippen molar-refractivity contribution in [1.29, 1.82) is 0 Å². The van der Waals surface area contributed by atoms with Gasteiger partial charge in [-0.05, 0) is 31.0 Å². The number of nitrogen functional groups attached to an aromatic ring is 1. The molecule has 1 saturated heterocycles. The number of nitrogens with zero attached hydrogens (tertiary/aromatic N) is 1. The van der Waals surface area contributed by atoms with Crippen LogP contribution in [0.15, 0.2) is 18.2 Å². The first-order valence-corrected chi connectivity index (χ1v) is 6.03. The first-order chi connectivity index (χ1) is 8.58. The summed E-state index contributed by atoms with van der Waals surface area (Å²) in [6.07, 6.45) is 2.27. The maximum Gasteiger partial charge on any atom is 0.337 e. The summed E-state index contributed by atoms with van der Waals surface area (Å²) in [5.74, 6) is -0.941. The van der Waals surface area contributed by atoms with E-state index in [1.807, 2.05) is 11.9 Å². The maximum absolute atomic E-state index is 11.2. The van der Waals surface area contributed by atoms with E-state index in [0.717, 1.165) is 19.4 Å². The van der Waals surface area contributed by atoms with Crippen LogP contribution in [0.3, 0.4) is 0 Å². The Balaban J connectivity index is 2.19. The van der Waals surface area contributed by atoms with Gasteiger partial charge in [0.25, 0.3) is 0 Å². The minimum atomic E-state index is -0.941. The van der Waals surface area contributed by atoms with Gasteiger partial charge in [-0.3, -0.25) is 0 Å². The lowest BCUT2D eigenvalue weighted by molar-refractivity contribution is 0.0697. The molecule has 18 heavy (non-hydrogen) atoms. The first-order valence-electron chi connectivity index (χ1n) is 6.03. The molecule has 0 bridgehead atoms. The fourth-order valence-electron chi connectivity index (χ4n) is 2.24. The Labute approximate surface area is 106 Å². The Bertz CT molecular complexity index is 442. The number of benzene rings is 1. The molecule has 5 heteroatoms. The number of likely N-dealkylation sites (N-methyl/N-ethyl adjacent to an activating group) is 1. The van der Waals surface area contributed by atoms with E-state index in [-0.39, 0.29) is 11.7 Å². The standard InChI is InChI=1S/C13H18N2O3/c1-15(8-10-3-2-6-18-10)12-7-9(14)4-5-11(12)13(16)17/h4-5,7,10H,2-3,6,8,14H2,1H3,(H,16,17). The van der Waals surface area contributed by atoms with Gasteiger partial charge >= 0.3 is 5.97 Å². The lowest BCUT2D eigenvalue weighted by Crippen LogP contribution is -2.29. The zero-order chi connectivity index (χ0) is 13.1. The third-order valence-electron chi connectivity index (χ3n) is 3.16. The smallest absolute Gasteiger partial charge is 0.337 e. The van der Waals surface area contributed by atoms with Crippen molar-refractivity contribution in [3.8, 4) is 0 Å². The molecule has 0 spiro atoms. The Kier molecular flexibility index (Phi) is 3.72. The van der Waals surface area contributed by atoms with Crippen molar-refractivity contribution in [3.05, 3.63) is 23.8 Å². The minimum absolute atomic E-state index is 0.179. The molecule has 1 unspecified atom stereocenters. The molecule has 0 amide bonds. The molecule has 3 N–H and O–H groups in total. The number of ether oxygens (including phenoxy) is 1. The van der Waals surface area contributed by atoms with Gasteiger partial charge in [0.15, 0.2) is 0 Å². The monoisotopic (exact) mass is 250 g/mol. The van der Waals surface area contributed by atoms with Crippen molar-refractivity contribution >= 4 is 17.3 Å². The molecule has 1 atom stereocenters. The van der Waals surface area contributed by atoms with Crippen LogP contribution >= 0.6 is 0 Å².